The number of carbonyl (C=O) groups excluding carboxylic acids is 1. The van der Waals surface area contributed by atoms with E-state index in [4.69, 9.17) is 0 Å². The maximum Gasteiger partial charge on any atom is 0.234 e. The fraction of sp³-hybridized carbons (Fsp3) is 0.353. The van der Waals surface area contributed by atoms with E-state index in [-0.39, 0.29) is 5.91 Å². The van der Waals surface area contributed by atoms with Gasteiger partial charge in [0.25, 0.3) is 0 Å². The van der Waals surface area contributed by atoms with E-state index in [1.54, 1.807) is 4.68 Å². The molecule has 3 rings (SSSR count). The molecule has 1 amide bonds. The van der Waals surface area contributed by atoms with E-state index in [1.165, 1.54) is 11.8 Å². The van der Waals surface area contributed by atoms with Gasteiger partial charge in [-0.1, -0.05) is 23.9 Å². The van der Waals surface area contributed by atoms with Gasteiger partial charge in [0.05, 0.1) is 33.9 Å². The van der Waals surface area contributed by atoms with Crippen LogP contribution in [0.5, 0.6) is 0 Å². The molecule has 126 valence electrons. The van der Waals surface area contributed by atoms with Gasteiger partial charge in [-0.2, -0.15) is 5.10 Å². The molecular weight excluding hydrogens is 322 g/mol. The number of fused-ring (bicyclic) bond motifs is 1. The molecule has 2 aromatic heterocycles. The number of rotatable bonds is 5. The van der Waals surface area contributed by atoms with Gasteiger partial charge >= 0.3 is 0 Å². The molecule has 0 saturated carbocycles. The number of hydrogen-bond acceptors (Lipinski definition) is 4. The molecule has 2 heterocycles. The lowest BCUT2D eigenvalue weighted by atomic mass is 10.3. The molecule has 0 aliphatic carbocycles. The third-order valence-corrected chi connectivity index (χ3v) is 5.02. The maximum absolute atomic E-state index is 12.3. The predicted molar refractivity (Wildman–Crippen MR) is 97.4 cm³/mol. The molecule has 0 fully saturated rings. The summed E-state index contributed by atoms with van der Waals surface area (Å²) in [6, 6.07) is 8.03. The van der Waals surface area contributed by atoms with Crippen molar-refractivity contribution in [1.82, 2.24) is 19.3 Å². The number of aromatic nitrogens is 4. The molecular formula is C17H21N5OS. The van der Waals surface area contributed by atoms with E-state index < -0.39 is 0 Å². The van der Waals surface area contributed by atoms with Crippen LogP contribution in [-0.4, -0.2) is 31.0 Å². The van der Waals surface area contributed by atoms with Gasteiger partial charge in [0.15, 0.2) is 5.16 Å². The molecule has 0 aliphatic heterocycles. The number of para-hydroxylation sites is 2. The summed E-state index contributed by atoms with van der Waals surface area (Å²) in [4.78, 5) is 16.9. The smallest absolute Gasteiger partial charge is 0.234 e. The van der Waals surface area contributed by atoms with Crippen LogP contribution in [0.4, 0.5) is 5.69 Å². The molecule has 0 atom stereocenters. The van der Waals surface area contributed by atoms with Crippen LogP contribution in [0, 0.1) is 13.8 Å². The van der Waals surface area contributed by atoms with Gasteiger partial charge in [-0.3, -0.25) is 9.48 Å². The Morgan fingerprint density at radius 2 is 2.04 bits per heavy atom. The summed E-state index contributed by atoms with van der Waals surface area (Å²) in [7, 11) is 1.87. The van der Waals surface area contributed by atoms with Crippen molar-refractivity contribution in [2.45, 2.75) is 32.5 Å². The number of amides is 1. The minimum Gasteiger partial charge on any atom is -0.322 e. The average molecular weight is 343 g/mol. The van der Waals surface area contributed by atoms with Crippen molar-refractivity contribution in [3.8, 4) is 0 Å². The van der Waals surface area contributed by atoms with E-state index in [0.29, 0.717) is 5.75 Å². The van der Waals surface area contributed by atoms with Gasteiger partial charge in [0, 0.05) is 13.6 Å². The van der Waals surface area contributed by atoms with Gasteiger partial charge in [-0.05, 0) is 32.9 Å². The molecule has 6 nitrogen and oxygen atoms in total. The Hall–Kier alpha value is -2.28. The van der Waals surface area contributed by atoms with Gasteiger partial charge in [-0.15, -0.1) is 0 Å². The van der Waals surface area contributed by atoms with Crippen LogP contribution in [0.1, 0.15) is 18.3 Å². The Morgan fingerprint density at radius 1 is 1.29 bits per heavy atom. The quantitative estimate of drug-likeness (QED) is 0.723. The summed E-state index contributed by atoms with van der Waals surface area (Å²) in [5, 5.41) is 8.15. The lowest BCUT2D eigenvalue weighted by molar-refractivity contribution is -0.113. The van der Waals surface area contributed by atoms with Crippen LogP contribution in [-0.2, 0) is 18.4 Å². The first-order valence-electron chi connectivity index (χ1n) is 7.89. The molecule has 3 aromatic rings. The minimum atomic E-state index is -0.0473. The highest BCUT2D eigenvalue weighted by molar-refractivity contribution is 7.99. The Bertz CT molecular complexity index is 896. The second-order valence-electron chi connectivity index (χ2n) is 5.63. The maximum atomic E-state index is 12.3. The van der Waals surface area contributed by atoms with Crippen LogP contribution in [0.25, 0.3) is 11.0 Å². The van der Waals surface area contributed by atoms with Gasteiger partial charge in [-0.25, -0.2) is 4.98 Å². The fourth-order valence-electron chi connectivity index (χ4n) is 2.73. The van der Waals surface area contributed by atoms with E-state index in [0.717, 1.165) is 39.8 Å². The molecule has 1 N–H and O–H groups in total. The summed E-state index contributed by atoms with van der Waals surface area (Å²) in [6.07, 6.45) is 0. The number of thioether (sulfide) groups is 1. The Labute approximate surface area is 145 Å². The van der Waals surface area contributed by atoms with E-state index in [9.17, 15) is 4.79 Å². The molecule has 24 heavy (non-hydrogen) atoms. The summed E-state index contributed by atoms with van der Waals surface area (Å²) >= 11 is 1.46. The number of benzene rings is 1. The van der Waals surface area contributed by atoms with Crippen molar-refractivity contribution < 1.29 is 4.79 Å². The number of anilines is 1. The molecule has 0 spiro atoms. The second-order valence-corrected chi connectivity index (χ2v) is 6.58. The summed E-state index contributed by atoms with van der Waals surface area (Å²) in [5.41, 5.74) is 4.64. The number of hydrogen-bond donors (Lipinski definition) is 1. The third kappa shape index (κ3) is 3.03. The van der Waals surface area contributed by atoms with Crippen molar-refractivity contribution in [1.29, 1.82) is 0 Å². The van der Waals surface area contributed by atoms with E-state index in [1.807, 2.05) is 39.1 Å². The molecule has 7 heteroatoms. The largest absolute Gasteiger partial charge is 0.322 e. The zero-order chi connectivity index (χ0) is 17.3. The SMILES string of the molecule is CCn1c(SCC(=O)Nc2c(C)nn(C)c2C)nc2ccccc21. The minimum absolute atomic E-state index is 0.0473. The average Bonchev–Trinajstić information content (AvgIpc) is 3.04. The van der Waals surface area contributed by atoms with Gasteiger partial charge in [0.2, 0.25) is 5.91 Å². The zero-order valence-corrected chi connectivity index (χ0v) is 15.1. The van der Waals surface area contributed by atoms with E-state index >= 15 is 0 Å². The highest BCUT2D eigenvalue weighted by Crippen LogP contribution is 2.24. The van der Waals surface area contributed by atoms with Crippen molar-refractivity contribution in [2.24, 2.45) is 7.05 Å². The van der Waals surface area contributed by atoms with Crippen molar-refractivity contribution >= 4 is 34.4 Å². The van der Waals surface area contributed by atoms with Crippen LogP contribution >= 0.6 is 11.8 Å². The highest BCUT2D eigenvalue weighted by Gasteiger charge is 2.15. The Morgan fingerprint density at radius 3 is 2.71 bits per heavy atom. The Balaban J connectivity index is 1.72. The summed E-state index contributed by atoms with van der Waals surface area (Å²) in [5.74, 6) is 0.269. The lowest BCUT2D eigenvalue weighted by Crippen LogP contribution is -2.15. The molecule has 0 bridgehead atoms. The normalized spacial score (nSPS) is 11.2. The zero-order valence-electron chi connectivity index (χ0n) is 14.3. The third-order valence-electron chi connectivity index (χ3n) is 4.04. The monoisotopic (exact) mass is 343 g/mol. The first-order valence-corrected chi connectivity index (χ1v) is 8.88. The first kappa shape index (κ1) is 16.6. The second kappa shape index (κ2) is 6.68. The number of carbonyl (C=O) groups is 1. The number of aryl methyl sites for hydroxylation is 3. The van der Waals surface area contributed by atoms with Crippen molar-refractivity contribution in [2.75, 3.05) is 11.1 Å². The lowest BCUT2D eigenvalue weighted by Gasteiger charge is -2.07. The van der Waals surface area contributed by atoms with Crippen LogP contribution in [0.15, 0.2) is 29.4 Å². The standard InChI is InChI=1S/C17H21N5OS/c1-5-22-14-9-7-6-8-13(14)18-17(22)24-10-15(23)19-16-11(2)20-21(4)12(16)3/h6-9H,5,10H2,1-4H3,(H,19,23). The summed E-state index contributed by atoms with van der Waals surface area (Å²) in [6.45, 7) is 6.75. The highest BCUT2D eigenvalue weighted by atomic mass is 32.2. The molecule has 0 radical (unpaired) electrons. The number of nitrogens with one attached hydrogen (secondary N) is 1. The molecule has 0 saturated heterocycles. The van der Waals surface area contributed by atoms with Gasteiger partial charge < -0.3 is 9.88 Å². The number of nitrogens with zero attached hydrogens (tertiary/aromatic N) is 4. The van der Waals surface area contributed by atoms with Crippen LogP contribution in [0.3, 0.4) is 0 Å². The van der Waals surface area contributed by atoms with Gasteiger partial charge in [0.1, 0.15) is 0 Å². The molecule has 0 unspecified atom stereocenters. The fourth-order valence-corrected chi connectivity index (χ4v) is 3.61. The first-order chi connectivity index (χ1) is 11.5. The molecule has 1 aromatic carbocycles. The topological polar surface area (TPSA) is 64.7 Å². The van der Waals surface area contributed by atoms with E-state index in [2.05, 4.69) is 33.0 Å². The Kier molecular flexibility index (Phi) is 4.62. The van der Waals surface area contributed by atoms with Crippen molar-refractivity contribution in [3.05, 3.63) is 35.7 Å². The molecule has 0 aliphatic rings. The van der Waals surface area contributed by atoms with Crippen LogP contribution < -0.4 is 5.32 Å². The van der Waals surface area contributed by atoms with Crippen LogP contribution in [0.2, 0.25) is 0 Å². The van der Waals surface area contributed by atoms with Crippen molar-refractivity contribution in [3.63, 3.8) is 0 Å². The predicted octanol–water partition coefficient (Wildman–Crippen LogP) is 3.14. The number of imidazole rings is 1. The summed E-state index contributed by atoms with van der Waals surface area (Å²) < 4.78 is 3.91.